The van der Waals surface area contributed by atoms with Crippen molar-refractivity contribution in [2.45, 2.75) is 44.8 Å². The monoisotopic (exact) mass is 327 g/mol. The van der Waals surface area contributed by atoms with Crippen LogP contribution < -0.4 is 4.74 Å². The minimum absolute atomic E-state index is 0.00381. The molecule has 3 atom stereocenters. The van der Waals surface area contributed by atoms with Crippen molar-refractivity contribution in [2.75, 3.05) is 6.61 Å². The molecule has 0 spiro atoms. The molecule has 2 aliphatic rings. The van der Waals surface area contributed by atoms with E-state index in [2.05, 4.69) is 0 Å². The van der Waals surface area contributed by atoms with Gasteiger partial charge in [0.15, 0.2) is 0 Å². The fraction of sp³-hybridized carbons (Fsp3) is 0.474. The third-order valence-electron chi connectivity index (χ3n) is 4.63. The van der Waals surface area contributed by atoms with Crippen LogP contribution >= 0.6 is 0 Å². The van der Waals surface area contributed by atoms with E-state index >= 15 is 0 Å². The van der Waals surface area contributed by atoms with E-state index in [1.807, 2.05) is 37.3 Å². The molecular formula is C19H21NO4. The van der Waals surface area contributed by atoms with Gasteiger partial charge in [0.25, 0.3) is 0 Å². The van der Waals surface area contributed by atoms with E-state index in [4.69, 9.17) is 19.5 Å². The van der Waals surface area contributed by atoms with Crippen LogP contribution in [-0.2, 0) is 20.7 Å². The van der Waals surface area contributed by atoms with E-state index in [0.717, 1.165) is 18.4 Å². The fourth-order valence-electron chi connectivity index (χ4n) is 3.33. The lowest BCUT2D eigenvalue weighted by molar-refractivity contribution is -0.133. The van der Waals surface area contributed by atoms with Gasteiger partial charge in [-0.3, -0.25) is 4.79 Å². The Morgan fingerprint density at radius 1 is 1.33 bits per heavy atom. The topological polar surface area (TPSA) is 68.6 Å². The van der Waals surface area contributed by atoms with Gasteiger partial charge in [0.2, 0.25) is 11.5 Å². The number of nitriles is 1. The maximum Gasteiger partial charge on any atom is 0.207 e. The second kappa shape index (κ2) is 7.50. The molecule has 0 radical (unpaired) electrons. The van der Waals surface area contributed by atoms with Crippen molar-refractivity contribution in [1.82, 2.24) is 0 Å². The van der Waals surface area contributed by atoms with Crippen LogP contribution in [0.15, 0.2) is 36.3 Å². The molecule has 3 rings (SSSR count). The molecule has 5 nitrogen and oxygen atoms in total. The van der Waals surface area contributed by atoms with Gasteiger partial charge in [0.05, 0.1) is 18.1 Å². The molecule has 1 aliphatic carbocycles. The number of hydrogen-bond donors (Lipinski definition) is 0. The van der Waals surface area contributed by atoms with Gasteiger partial charge in [0.1, 0.15) is 24.7 Å². The highest BCUT2D eigenvalue weighted by atomic mass is 16.5. The van der Waals surface area contributed by atoms with Crippen LogP contribution in [-0.4, -0.2) is 24.6 Å². The Hall–Kier alpha value is -2.32. The Labute approximate surface area is 141 Å². The van der Waals surface area contributed by atoms with Crippen molar-refractivity contribution < 1.29 is 19.0 Å². The second-order valence-electron chi connectivity index (χ2n) is 6.09. The third kappa shape index (κ3) is 3.44. The number of para-hydroxylation sites is 1. The number of ether oxygens (including phenoxy) is 3. The number of carbonyl (C=O) groups excluding carboxylic acids is 1. The highest BCUT2D eigenvalue weighted by Crippen LogP contribution is 2.35. The summed E-state index contributed by atoms with van der Waals surface area (Å²) in [5.41, 5.74) is 1.06. The Morgan fingerprint density at radius 2 is 2.17 bits per heavy atom. The summed E-state index contributed by atoms with van der Waals surface area (Å²) in [5.74, 6) is 0.776. The van der Waals surface area contributed by atoms with Crippen LogP contribution in [0.5, 0.6) is 5.75 Å². The smallest absolute Gasteiger partial charge is 0.207 e. The van der Waals surface area contributed by atoms with Crippen LogP contribution in [0.2, 0.25) is 0 Å². The molecule has 0 saturated heterocycles. The summed E-state index contributed by atoms with van der Waals surface area (Å²) in [6, 6.07) is 9.69. The van der Waals surface area contributed by atoms with E-state index in [1.165, 1.54) is 6.26 Å². The van der Waals surface area contributed by atoms with E-state index in [0.29, 0.717) is 18.6 Å². The maximum absolute atomic E-state index is 12.7. The molecule has 1 saturated carbocycles. The van der Waals surface area contributed by atoms with E-state index in [9.17, 15) is 4.79 Å². The summed E-state index contributed by atoms with van der Waals surface area (Å²) in [5, 5.41) is 8.60. The molecule has 24 heavy (non-hydrogen) atoms. The van der Waals surface area contributed by atoms with Gasteiger partial charge < -0.3 is 14.2 Å². The number of fused-ring (bicyclic) bond motifs is 1. The lowest BCUT2D eigenvalue weighted by atomic mass is 9.80. The van der Waals surface area contributed by atoms with Crippen molar-refractivity contribution in [2.24, 2.45) is 5.92 Å². The molecule has 0 amide bonds. The summed E-state index contributed by atoms with van der Waals surface area (Å²) in [6.45, 7) is 2.13. The number of aryl methyl sites for hydroxylation is 1. The average molecular weight is 327 g/mol. The standard InChI is InChI=1S/C19H21NO4/c1-2-13-5-3-4-6-16(13)24-18-12-23-17-11-14(22-10-9-20)7-8-15(17)19(18)21/h3-6,12,14-15,17H,2,7-8,10-11H2,1H3. The zero-order valence-corrected chi connectivity index (χ0v) is 13.7. The number of benzene rings is 1. The molecule has 1 aliphatic heterocycles. The summed E-state index contributed by atoms with van der Waals surface area (Å²) in [6.07, 6.45) is 4.14. The zero-order chi connectivity index (χ0) is 16.9. The Bertz CT molecular complexity index is 676. The molecule has 1 aromatic carbocycles. The predicted octanol–water partition coefficient (Wildman–Crippen LogP) is 3.15. The SMILES string of the molecule is CCc1ccccc1OC1=COC2CC(OCC#N)CCC2C1=O. The van der Waals surface area contributed by atoms with Crippen molar-refractivity contribution in [3.8, 4) is 11.8 Å². The molecule has 3 unspecified atom stereocenters. The van der Waals surface area contributed by atoms with Gasteiger partial charge in [-0.15, -0.1) is 0 Å². The molecule has 5 heteroatoms. The largest absolute Gasteiger partial charge is 0.493 e. The van der Waals surface area contributed by atoms with Crippen molar-refractivity contribution in [1.29, 1.82) is 5.26 Å². The number of nitrogens with zero attached hydrogens (tertiary/aromatic N) is 1. The molecule has 0 bridgehead atoms. The van der Waals surface area contributed by atoms with Crippen molar-refractivity contribution >= 4 is 5.78 Å². The Balaban J connectivity index is 1.69. The van der Waals surface area contributed by atoms with Crippen LogP contribution in [0.4, 0.5) is 0 Å². The van der Waals surface area contributed by atoms with Crippen LogP contribution in [0.25, 0.3) is 0 Å². The highest BCUT2D eigenvalue weighted by molar-refractivity contribution is 5.96. The van der Waals surface area contributed by atoms with Crippen molar-refractivity contribution in [3.63, 3.8) is 0 Å². The van der Waals surface area contributed by atoms with Crippen LogP contribution in [0, 0.1) is 17.2 Å². The molecular weight excluding hydrogens is 306 g/mol. The van der Waals surface area contributed by atoms with Gasteiger partial charge in [-0.1, -0.05) is 25.1 Å². The number of carbonyl (C=O) groups is 1. The van der Waals surface area contributed by atoms with Gasteiger partial charge in [-0.2, -0.15) is 5.26 Å². The van der Waals surface area contributed by atoms with Crippen molar-refractivity contribution in [3.05, 3.63) is 41.9 Å². The first-order chi connectivity index (χ1) is 11.7. The van der Waals surface area contributed by atoms with Crippen LogP contribution in [0.1, 0.15) is 31.7 Å². The molecule has 126 valence electrons. The lowest BCUT2D eigenvalue weighted by Crippen LogP contribution is -2.42. The van der Waals surface area contributed by atoms with Gasteiger partial charge in [-0.25, -0.2) is 0 Å². The normalized spacial score (nSPS) is 25.9. The lowest BCUT2D eigenvalue weighted by Gasteiger charge is -2.36. The second-order valence-corrected chi connectivity index (χ2v) is 6.09. The van der Waals surface area contributed by atoms with Gasteiger partial charge >= 0.3 is 0 Å². The summed E-state index contributed by atoms with van der Waals surface area (Å²) in [7, 11) is 0. The van der Waals surface area contributed by atoms with Crippen LogP contribution in [0.3, 0.4) is 0 Å². The zero-order valence-electron chi connectivity index (χ0n) is 13.7. The summed E-state index contributed by atoms with van der Waals surface area (Å²) < 4.78 is 17.1. The molecule has 0 N–H and O–H groups in total. The molecule has 1 heterocycles. The first-order valence-corrected chi connectivity index (χ1v) is 8.37. The quantitative estimate of drug-likeness (QED) is 0.831. The van der Waals surface area contributed by atoms with E-state index in [-0.39, 0.29) is 36.3 Å². The summed E-state index contributed by atoms with van der Waals surface area (Å²) in [4.78, 5) is 12.7. The minimum Gasteiger partial charge on any atom is -0.493 e. The maximum atomic E-state index is 12.7. The average Bonchev–Trinajstić information content (AvgIpc) is 2.62. The number of ketones is 1. The first-order valence-electron chi connectivity index (χ1n) is 8.37. The van der Waals surface area contributed by atoms with Gasteiger partial charge in [-0.05, 0) is 30.9 Å². The van der Waals surface area contributed by atoms with E-state index in [1.54, 1.807) is 0 Å². The predicted molar refractivity (Wildman–Crippen MR) is 87.1 cm³/mol. The highest BCUT2D eigenvalue weighted by Gasteiger charge is 2.41. The molecule has 0 aromatic heterocycles. The molecule has 1 aromatic rings. The Morgan fingerprint density at radius 3 is 2.96 bits per heavy atom. The first kappa shape index (κ1) is 16.5. The minimum atomic E-state index is -0.194. The summed E-state index contributed by atoms with van der Waals surface area (Å²) >= 11 is 0. The molecule has 1 fully saturated rings. The van der Waals surface area contributed by atoms with Gasteiger partial charge in [0, 0.05) is 6.42 Å². The third-order valence-corrected chi connectivity index (χ3v) is 4.63. The Kier molecular flexibility index (Phi) is 5.17. The number of rotatable bonds is 5. The van der Waals surface area contributed by atoms with E-state index < -0.39 is 0 Å². The number of Topliss-reactive ketones (excluding diaryl/α,β-unsaturated/α-hetero) is 1. The number of hydrogen-bond acceptors (Lipinski definition) is 5. The fourth-order valence-corrected chi connectivity index (χ4v) is 3.33. The number of allylic oxidation sites excluding steroid dienone is 1.